The van der Waals surface area contributed by atoms with Crippen LogP contribution in [0.5, 0.6) is 5.75 Å². The van der Waals surface area contributed by atoms with E-state index in [-0.39, 0.29) is 12.0 Å². The molecule has 1 aromatic carbocycles. The molecule has 2 heterocycles. The maximum atomic E-state index is 12.5. The fourth-order valence-electron chi connectivity index (χ4n) is 2.52. The SMILES string of the molecule is CC(C)Oc1ccc(CNC(=O)c2cccn2-c2cccnc2)cc1. The second-order valence-electron chi connectivity index (χ2n) is 5.97. The van der Waals surface area contributed by atoms with Gasteiger partial charge in [-0.3, -0.25) is 9.78 Å². The largest absolute Gasteiger partial charge is 0.491 e. The average Bonchev–Trinajstić information content (AvgIpc) is 3.11. The van der Waals surface area contributed by atoms with Gasteiger partial charge in [-0.05, 0) is 55.8 Å². The number of aromatic nitrogens is 2. The van der Waals surface area contributed by atoms with Gasteiger partial charge in [0.2, 0.25) is 0 Å². The quantitative estimate of drug-likeness (QED) is 0.749. The molecule has 0 fully saturated rings. The van der Waals surface area contributed by atoms with E-state index in [0.29, 0.717) is 12.2 Å². The fourth-order valence-corrected chi connectivity index (χ4v) is 2.52. The van der Waals surface area contributed by atoms with Crippen molar-refractivity contribution >= 4 is 5.91 Å². The minimum absolute atomic E-state index is 0.128. The van der Waals surface area contributed by atoms with Crippen LogP contribution in [0.4, 0.5) is 0 Å². The number of hydrogen-bond donors (Lipinski definition) is 1. The Bertz CT molecular complexity index is 824. The van der Waals surface area contributed by atoms with Crippen molar-refractivity contribution in [3.8, 4) is 11.4 Å². The molecule has 1 amide bonds. The minimum atomic E-state index is -0.128. The van der Waals surface area contributed by atoms with Crippen LogP contribution in [0.3, 0.4) is 0 Å². The maximum Gasteiger partial charge on any atom is 0.268 e. The number of rotatable bonds is 6. The number of benzene rings is 1. The highest BCUT2D eigenvalue weighted by molar-refractivity contribution is 5.93. The lowest BCUT2D eigenvalue weighted by Crippen LogP contribution is -2.25. The molecule has 3 aromatic rings. The summed E-state index contributed by atoms with van der Waals surface area (Å²) < 4.78 is 7.44. The Labute approximate surface area is 147 Å². The van der Waals surface area contributed by atoms with Gasteiger partial charge in [0, 0.05) is 18.9 Å². The second kappa shape index (κ2) is 7.66. The summed E-state index contributed by atoms with van der Waals surface area (Å²) in [5.74, 6) is 0.701. The van der Waals surface area contributed by atoms with E-state index in [1.54, 1.807) is 18.5 Å². The van der Waals surface area contributed by atoms with Crippen molar-refractivity contribution in [2.45, 2.75) is 26.5 Å². The van der Waals surface area contributed by atoms with Gasteiger partial charge in [-0.25, -0.2) is 0 Å². The molecule has 0 aliphatic rings. The van der Waals surface area contributed by atoms with Crippen molar-refractivity contribution in [2.24, 2.45) is 0 Å². The van der Waals surface area contributed by atoms with Crippen LogP contribution in [0.15, 0.2) is 67.1 Å². The Morgan fingerprint density at radius 2 is 1.96 bits per heavy atom. The Morgan fingerprint density at radius 3 is 2.64 bits per heavy atom. The van der Waals surface area contributed by atoms with E-state index in [1.165, 1.54) is 0 Å². The van der Waals surface area contributed by atoms with Crippen LogP contribution in [-0.4, -0.2) is 21.6 Å². The van der Waals surface area contributed by atoms with Gasteiger partial charge >= 0.3 is 0 Å². The number of hydrogen-bond acceptors (Lipinski definition) is 3. The zero-order valence-electron chi connectivity index (χ0n) is 14.3. The van der Waals surface area contributed by atoms with Crippen molar-refractivity contribution < 1.29 is 9.53 Å². The predicted molar refractivity (Wildman–Crippen MR) is 96.9 cm³/mol. The highest BCUT2D eigenvalue weighted by Gasteiger charge is 2.11. The Morgan fingerprint density at radius 1 is 1.16 bits per heavy atom. The lowest BCUT2D eigenvalue weighted by molar-refractivity contribution is 0.0944. The molecule has 0 spiro atoms. The first kappa shape index (κ1) is 16.8. The molecular weight excluding hydrogens is 314 g/mol. The average molecular weight is 335 g/mol. The molecule has 5 nitrogen and oxygen atoms in total. The number of carbonyl (C=O) groups excluding carboxylic acids is 1. The molecule has 0 bridgehead atoms. The first-order valence-electron chi connectivity index (χ1n) is 8.25. The van der Waals surface area contributed by atoms with Gasteiger partial charge in [0.15, 0.2) is 0 Å². The van der Waals surface area contributed by atoms with E-state index < -0.39 is 0 Å². The molecule has 0 aliphatic heterocycles. The van der Waals surface area contributed by atoms with Crippen LogP contribution in [0.1, 0.15) is 29.9 Å². The molecule has 0 aliphatic carbocycles. The molecular formula is C20H21N3O2. The normalized spacial score (nSPS) is 10.7. The van der Waals surface area contributed by atoms with E-state index in [2.05, 4.69) is 10.3 Å². The third-order valence-corrected chi connectivity index (χ3v) is 3.65. The van der Waals surface area contributed by atoms with Gasteiger partial charge in [-0.2, -0.15) is 0 Å². The maximum absolute atomic E-state index is 12.5. The van der Waals surface area contributed by atoms with Gasteiger partial charge < -0.3 is 14.6 Å². The number of nitrogens with zero attached hydrogens (tertiary/aromatic N) is 2. The summed E-state index contributed by atoms with van der Waals surface area (Å²) in [7, 11) is 0. The Kier molecular flexibility index (Phi) is 5.14. The van der Waals surface area contributed by atoms with Crippen molar-refractivity contribution in [2.75, 3.05) is 0 Å². The molecule has 0 unspecified atom stereocenters. The van der Waals surface area contributed by atoms with Crippen LogP contribution >= 0.6 is 0 Å². The van der Waals surface area contributed by atoms with Gasteiger partial charge in [-0.15, -0.1) is 0 Å². The van der Waals surface area contributed by atoms with Crippen LogP contribution in [0.2, 0.25) is 0 Å². The Balaban J connectivity index is 1.65. The molecule has 2 aromatic heterocycles. The van der Waals surface area contributed by atoms with Crippen molar-refractivity contribution in [1.29, 1.82) is 0 Å². The summed E-state index contributed by atoms with van der Waals surface area (Å²) in [5.41, 5.74) is 2.45. The summed E-state index contributed by atoms with van der Waals surface area (Å²) in [5, 5.41) is 2.95. The Hall–Kier alpha value is -3.08. The number of amides is 1. The highest BCUT2D eigenvalue weighted by atomic mass is 16.5. The van der Waals surface area contributed by atoms with Gasteiger partial charge in [0.25, 0.3) is 5.91 Å². The van der Waals surface area contributed by atoms with Crippen LogP contribution in [0.25, 0.3) is 5.69 Å². The summed E-state index contributed by atoms with van der Waals surface area (Å²) >= 11 is 0. The van der Waals surface area contributed by atoms with Crippen LogP contribution < -0.4 is 10.1 Å². The van der Waals surface area contributed by atoms with Crippen molar-refractivity contribution in [3.05, 3.63) is 78.4 Å². The van der Waals surface area contributed by atoms with Gasteiger partial charge in [0.1, 0.15) is 11.4 Å². The number of ether oxygens (including phenoxy) is 1. The summed E-state index contributed by atoms with van der Waals surface area (Å²) in [6, 6.07) is 15.1. The molecule has 0 atom stereocenters. The van der Waals surface area contributed by atoms with E-state index in [0.717, 1.165) is 17.0 Å². The topological polar surface area (TPSA) is 56.1 Å². The lowest BCUT2D eigenvalue weighted by Gasteiger charge is -2.11. The predicted octanol–water partition coefficient (Wildman–Crippen LogP) is 3.59. The van der Waals surface area contributed by atoms with Gasteiger partial charge in [0.05, 0.1) is 18.0 Å². The smallest absolute Gasteiger partial charge is 0.268 e. The van der Waals surface area contributed by atoms with Gasteiger partial charge in [-0.1, -0.05) is 12.1 Å². The van der Waals surface area contributed by atoms with E-state index >= 15 is 0 Å². The first-order valence-corrected chi connectivity index (χ1v) is 8.25. The number of carbonyl (C=O) groups is 1. The summed E-state index contributed by atoms with van der Waals surface area (Å²) in [6.45, 7) is 4.44. The molecule has 0 radical (unpaired) electrons. The first-order chi connectivity index (χ1) is 12.1. The van der Waals surface area contributed by atoms with Crippen LogP contribution in [0, 0.1) is 0 Å². The second-order valence-corrected chi connectivity index (χ2v) is 5.97. The number of pyridine rings is 1. The third-order valence-electron chi connectivity index (χ3n) is 3.65. The zero-order valence-corrected chi connectivity index (χ0v) is 14.3. The zero-order chi connectivity index (χ0) is 17.6. The van der Waals surface area contributed by atoms with Crippen LogP contribution in [-0.2, 0) is 6.54 Å². The van der Waals surface area contributed by atoms with E-state index in [1.807, 2.05) is 67.1 Å². The summed E-state index contributed by atoms with van der Waals surface area (Å²) in [6.07, 6.45) is 5.43. The highest BCUT2D eigenvalue weighted by Crippen LogP contribution is 2.14. The monoisotopic (exact) mass is 335 g/mol. The minimum Gasteiger partial charge on any atom is -0.491 e. The molecule has 0 saturated heterocycles. The summed E-state index contributed by atoms with van der Waals surface area (Å²) in [4.78, 5) is 16.6. The van der Waals surface area contributed by atoms with Crippen molar-refractivity contribution in [3.63, 3.8) is 0 Å². The molecule has 0 saturated carbocycles. The van der Waals surface area contributed by atoms with E-state index in [9.17, 15) is 4.79 Å². The fraction of sp³-hybridized carbons (Fsp3) is 0.200. The molecule has 3 rings (SSSR count). The molecule has 5 heteroatoms. The number of nitrogens with one attached hydrogen (secondary N) is 1. The van der Waals surface area contributed by atoms with E-state index in [4.69, 9.17) is 4.74 Å². The molecule has 1 N–H and O–H groups in total. The van der Waals surface area contributed by atoms with Crippen molar-refractivity contribution in [1.82, 2.24) is 14.9 Å². The lowest BCUT2D eigenvalue weighted by atomic mass is 10.2. The third kappa shape index (κ3) is 4.26. The molecule has 25 heavy (non-hydrogen) atoms. The molecule has 128 valence electrons. The standard InChI is InChI=1S/C20H21N3O2/c1-15(2)25-18-9-7-16(8-10-18)13-22-20(24)19-6-4-12-23(19)17-5-3-11-21-14-17/h3-12,14-15H,13H2,1-2H3,(H,22,24).